The van der Waals surface area contributed by atoms with Gasteiger partial charge in [-0.1, -0.05) is 0 Å². The van der Waals surface area contributed by atoms with Crippen molar-refractivity contribution >= 4 is 17.2 Å². The van der Waals surface area contributed by atoms with Crippen LogP contribution in [0.25, 0.3) is 0 Å². The minimum absolute atomic E-state index is 0.107. The number of nitrogens with two attached hydrogens (primary N) is 1. The number of anilines is 2. The van der Waals surface area contributed by atoms with Gasteiger partial charge in [0.05, 0.1) is 37.3 Å². The predicted molar refractivity (Wildman–Crippen MR) is 108 cm³/mol. The molecule has 3 N–H and O–H groups in total. The minimum atomic E-state index is -0.107. The van der Waals surface area contributed by atoms with Crippen LogP contribution in [0.4, 0.5) is 11.5 Å². The summed E-state index contributed by atoms with van der Waals surface area (Å²) >= 11 is 0. The maximum Gasteiger partial charge on any atom is 0.133 e. The normalized spacial score (nSPS) is 18.0. The van der Waals surface area contributed by atoms with Gasteiger partial charge in [0.2, 0.25) is 0 Å². The van der Waals surface area contributed by atoms with Crippen molar-refractivity contribution in [1.29, 1.82) is 5.41 Å². The Balaban J connectivity index is 1.84. The van der Waals surface area contributed by atoms with Crippen molar-refractivity contribution in [3.8, 4) is 5.75 Å². The molecule has 1 saturated heterocycles. The Kier molecular flexibility index (Phi) is 6.43. The number of nitrogens with one attached hydrogen (secondary N) is 1. The Morgan fingerprint density at radius 3 is 2.96 bits per heavy atom. The third-order valence-electron chi connectivity index (χ3n) is 4.60. The quantitative estimate of drug-likeness (QED) is 0.555. The van der Waals surface area contributed by atoms with Gasteiger partial charge < -0.3 is 24.8 Å². The Morgan fingerprint density at radius 1 is 1.39 bits per heavy atom. The van der Waals surface area contributed by atoms with Crippen molar-refractivity contribution in [2.24, 2.45) is 0 Å². The molecule has 1 aromatic heterocycles. The van der Waals surface area contributed by atoms with Gasteiger partial charge in [0.1, 0.15) is 24.0 Å². The van der Waals surface area contributed by atoms with Crippen LogP contribution in [-0.2, 0) is 9.47 Å². The number of morpholine rings is 1. The van der Waals surface area contributed by atoms with E-state index >= 15 is 0 Å². The van der Waals surface area contributed by atoms with Crippen LogP contribution in [0.3, 0.4) is 0 Å². The molecule has 1 aliphatic heterocycles. The second kappa shape index (κ2) is 8.99. The zero-order valence-electron chi connectivity index (χ0n) is 16.5. The van der Waals surface area contributed by atoms with E-state index < -0.39 is 0 Å². The summed E-state index contributed by atoms with van der Waals surface area (Å²) < 4.78 is 16.4. The molecule has 1 fully saturated rings. The molecule has 28 heavy (non-hydrogen) atoms. The van der Waals surface area contributed by atoms with Crippen LogP contribution in [0, 0.1) is 5.41 Å². The number of nitrogen functional groups attached to an aromatic ring is 1. The summed E-state index contributed by atoms with van der Waals surface area (Å²) in [7, 11) is 1.63. The number of rotatable bonds is 7. The summed E-state index contributed by atoms with van der Waals surface area (Å²) in [5, 5.41) is 8.64. The van der Waals surface area contributed by atoms with Gasteiger partial charge in [0.15, 0.2) is 0 Å². The molecule has 2 atom stereocenters. The van der Waals surface area contributed by atoms with Gasteiger partial charge >= 0.3 is 0 Å². The molecule has 1 aromatic carbocycles. The highest BCUT2D eigenvalue weighted by atomic mass is 16.5. The van der Waals surface area contributed by atoms with Crippen LogP contribution >= 0.6 is 0 Å². The van der Waals surface area contributed by atoms with Gasteiger partial charge in [0, 0.05) is 31.0 Å². The second-order valence-electron chi connectivity index (χ2n) is 6.89. The number of nitrogens with zero attached hydrogens (tertiary/aromatic N) is 3. The van der Waals surface area contributed by atoms with Gasteiger partial charge in [-0.2, -0.15) is 0 Å². The van der Waals surface area contributed by atoms with E-state index in [1.807, 2.05) is 13.0 Å². The Bertz CT molecular complexity index is 829. The Morgan fingerprint density at radius 2 is 2.21 bits per heavy atom. The zero-order valence-corrected chi connectivity index (χ0v) is 16.5. The fraction of sp³-hybridized carbons (Fsp3) is 0.450. The van der Waals surface area contributed by atoms with E-state index in [0.717, 1.165) is 12.4 Å². The van der Waals surface area contributed by atoms with E-state index in [9.17, 15) is 0 Å². The summed E-state index contributed by atoms with van der Waals surface area (Å²) in [6, 6.07) is 7.34. The molecular formula is C20H27N5O3. The molecule has 2 heterocycles. The molecule has 0 unspecified atom stereocenters. The predicted octanol–water partition coefficient (Wildman–Crippen LogP) is 2.11. The summed E-state index contributed by atoms with van der Waals surface area (Å²) in [5.41, 5.74) is 7.94. The fourth-order valence-electron chi connectivity index (χ4n) is 3.17. The van der Waals surface area contributed by atoms with Gasteiger partial charge in [-0.3, -0.25) is 5.41 Å². The van der Waals surface area contributed by atoms with Crippen molar-refractivity contribution in [2.45, 2.75) is 26.0 Å². The molecule has 2 aromatic rings. The van der Waals surface area contributed by atoms with Crippen molar-refractivity contribution < 1.29 is 14.2 Å². The Hall–Kier alpha value is -2.71. The average molecular weight is 385 g/mol. The molecule has 150 valence electrons. The zero-order chi connectivity index (χ0) is 20.1. The molecule has 3 rings (SSSR count). The fourth-order valence-corrected chi connectivity index (χ4v) is 3.17. The summed E-state index contributed by atoms with van der Waals surface area (Å²) in [4.78, 5) is 10.8. The summed E-state index contributed by atoms with van der Waals surface area (Å²) in [5.74, 6) is 1.42. The molecule has 8 nitrogen and oxygen atoms in total. The third-order valence-corrected chi connectivity index (χ3v) is 4.60. The minimum Gasteiger partial charge on any atom is -0.488 e. The first-order valence-corrected chi connectivity index (χ1v) is 9.30. The lowest BCUT2D eigenvalue weighted by atomic mass is 10.0. The standard InChI is InChI=1S/C20H27N5O3/c1-13-10-27-7-6-25(13)19-9-18(23-12-24-19)20(22)16-8-15(4-5-17(16)21)28-14(2)11-26-3/h4-5,8-9,12-14,22H,6-7,10-11,21H2,1-3H3/t13-,14+/m1/s1. The van der Waals surface area contributed by atoms with Crippen LogP contribution in [0.15, 0.2) is 30.6 Å². The highest BCUT2D eigenvalue weighted by Crippen LogP contribution is 2.24. The SMILES string of the molecule is COC[C@H](C)Oc1ccc(N)c(C(=N)c2cc(N3CCOC[C@H]3C)ncn2)c1. The molecule has 0 spiro atoms. The molecule has 0 radical (unpaired) electrons. The van der Waals surface area contributed by atoms with E-state index in [-0.39, 0.29) is 17.9 Å². The van der Waals surface area contributed by atoms with Crippen LogP contribution in [-0.4, -0.2) is 61.3 Å². The number of hydrogen-bond donors (Lipinski definition) is 2. The molecule has 0 saturated carbocycles. The number of methoxy groups -OCH3 is 1. The second-order valence-corrected chi connectivity index (χ2v) is 6.89. The highest BCUT2D eigenvalue weighted by molar-refractivity contribution is 6.13. The van der Waals surface area contributed by atoms with Gasteiger partial charge in [0.25, 0.3) is 0 Å². The number of ether oxygens (including phenoxy) is 3. The first kappa shape index (κ1) is 20.0. The molecule has 0 amide bonds. The van der Waals surface area contributed by atoms with Crippen molar-refractivity contribution in [3.63, 3.8) is 0 Å². The lowest BCUT2D eigenvalue weighted by molar-refractivity contribution is 0.0921. The van der Waals surface area contributed by atoms with Crippen LogP contribution in [0.5, 0.6) is 5.75 Å². The van der Waals surface area contributed by atoms with Gasteiger partial charge in [-0.25, -0.2) is 9.97 Å². The van der Waals surface area contributed by atoms with Crippen LogP contribution < -0.4 is 15.4 Å². The molecular weight excluding hydrogens is 358 g/mol. The molecule has 1 aliphatic rings. The van der Waals surface area contributed by atoms with E-state index in [0.29, 0.717) is 42.5 Å². The summed E-state index contributed by atoms with van der Waals surface area (Å²) in [6.07, 6.45) is 1.38. The number of benzene rings is 1. The highest BCUT2D eigenvalue weighted by Gasteiger charge is 2.21. The molecule has 8 heteroatoms. The smallest absolute Gasteiger partial charge is 0.133 e. The van der Waals surface area contributed by atoms with Crippen molar-refractivity contribution in [3.05, 3.63) is 41.9 Å². The largest absolute Gasteiger partial charge is 0.488 e. The average Bonchev–Trinajstić information content (AvgIpc) is 2.69. The lowest BCUT2D eigenvalue weighted by Crippen LogP contribution is -2.44. The maximum absolute atomic E-state index is 8.64. The lowest BCUT2D eigenvalue weighted by Gasteiger charge is -2.34. The van der Waals surface area contributed by atoms with E-state index in [1.165, 1.54) is 6.33 Å². The molecule has 0 bridgehead atoms. The van der Waals surface area contributed by atoms with Crippen LogP contribution in [0.2, 0.25) is 0 Å². The Labute approximate surface area is 165 Å². The van der Waals surface area contributed by atoms with E-state index in [4.69, 9.17) is 25.4 Å². The number of aromatic nitrogens is 2. The monoisotopic (exact) mass is 385 g/mol. The topological polar surface area (TPSA) is 107 Å². The first-order valence-electron chi connectivity index (χ1n) is 9.30. The maximum atomic E-state index is 8.64. The summed E-state index contributed by atoms with van der Waals surface area (Å²) in [6.45, 7) is 6.56. The molecule has 0 aliphatic carbocycles. The van der Waals surface area contributed by atoms with Crippen molar-refractivity contribution in [1.82, 2.24) is 9.97 Å². The van der Waals surface area contributed by atoms with Gasteiger partial charge in [-0.15, -0.1) is 0 Å². The third kappa shape index (κ3) is 4.58. The van der Waals surface area contributed by atoms with Gasteiger partial charge in [-0.05, 0) is 32.0 Å². The van der Waals surface area contributed by atoms with Crippen molar-refractivity contribution in [2.75, 3.05) is 44.1 Å². The number of hydrogen-bond acceptors (Lipinski definition) is 8. The first-order chi connectivity index (χ1) is 13.5. The van der Waals surface area contributed by atoms with E-state index in [2.05, 4.69) is 21.8 Å². The van der Waals surface area contributed by atoms with Crippen LogP contribution in [0.1, 0.15) is 25.1 Å². The van der Waals surface area contributed by atoms with E-state index in [1.54, 1.807) is 25.3 Å².